The van der Waals surface area contributed by atoms with Gasteiger partial charge in [-0.3, -0.25) is 0 Å². The Labute approximate surface area is 59.2 Å². The molecule has 0 spiro atoms. The van der Waals surface area contributed by atoms with E-state index in [1.54, 1.807) is 0 Å². The average molecular weight is 133 g/mol. The highest BCUT2D eigenvalue weighted by Gasteiger charge is 2.12. The molecule has 2 aliphatic rings. The second-order valence-electron chi connectivity index (χ2n) is 2.18. The van der Waals surface area contributed by atoms with Crippen molar-refractivity contribution in [1.29, 1.82) is 0 Å². The molecule has 0 saturated carbocycles. The van der Waals surface area contributed by atoms with Gasteiger partial charge in [0.2, 0.25) is 0 Å². The third-order valence-corrected chi connectivity index (χ3v) is 1.51. The summed E-state index contributed by atoms with van der Waals surface area (Å²) in [4.78, 5) is 3.87. The van der Waals surface area contributed by atoms with E-state index in [2.05, 4.69) is 4.99 Å². The molecule has 10 heavy (non-hydrogen) atoms. The normalized spacial score (nSPS) is 27.2. The summed E-state index contributed by atoms with van der Waals surface area (Å²) < 4.78 is 5.18. The van der Waals surface area contributed by atoms with Gasteiger partial charge in [-0.2, -0.15) is 0 Å². The molecule has 0 amide bonds. The lowest BCUT2D eigenvalue weighted by Gasteiger charge is -2.17. The Morgan fingerprint density at radius 3 is 3.30 bits per heavy atom. The summed E-state index contributed by atoms with van der Waals surface area (Å²) in [6, 6.07) is 0. The van der Waals surface area contributed by atoms with Crippen molar-refractivity contribution in [2.45, 2.75) is 6.10 Å². The second-order valence-corrected chi connectivity index (χ2v) is 2.18. The van der Waals surface area contributed by atoms with Crippen molar-refractivity contribution in [1.82, 2.24) is 0 Å². The van der Waals surface area contributed by atoms with Crippen molar-refractivity contribution in [3.05, 3.63) is 36.1 Å². The third-order valence-electron chi connectivity index (χ3n) is 1.51. The van der Waals surface area contributed by atoms with E-state index in [0.29, 0.717) is 0 Å². The maximum absolute atomic E-state index is 5.18. The fourth-order valence-corrected chi connectivity index (χ4v) is 0.995. The van der Waals surface area contributed by atoms with Gasteiger partial charge in [0.1, 0.15) is 6.10 Å². The highest BCUT2D eigenvalue weighted by Crippen LogP contribution is 2.16. The molecular formula is C8H7NO. The van der Waals surface area contributed by atoms with Crippen LogP contribution in [0.4, 0.5) is 0 Å². The number of nitrogens with zero attached hydrogens (tertiary/aromatic N) is 1. The first-order valence-corrected chi connectivity index (χ1v) is 3.19. The number of aliphatic imine (C=N–C) groups is 1. The van der Waals surface area contributed by atoms with Crippen LogP contribution in [0.3, 0.4) is 0 Å². The zero-order valence-corrected chi connectivity index (χ0v) is 5.40. The largest absolute Gasteiger partial charge is 0.471 e. The molecule has 0 saturated heterocycles. The van der Waals surface area contributed by atoms with E-state index in [1.807, 2.05) is 30.5 Å². The van der Waals surface area contributed by atoms with Gasteiger partial charge in [-0.15, -0.1) is 0 Å². The lowest BCUT2D eigenvalue weighted by atomic mass is 10.1. The van der Waals surface area contributed by atoms with Gasteiger partial charge in [-0.05, 0) is 6.08 Å². The van der Waals surface area contributed by atoms with Crippen LogP contribution >= 0.6 is 0 Å². The summed E-state index contributed by atoms with van der Waals surface area (Å²) in [6.07, 6.45) is 11.3. The third kappa shape index (κ3) is 0.778. The number of rotatable bonds is 0. The van der Waals surface area contributed by atoms with E-state index >= 15 is 0 Å². The smallest absolute Gasteiger partial charge is 0.175 e. The van der Waals surface area contributed by atoms with Crippen molar-refractivity contribution in [2.24, 2.45) is 4.99 Å². The van der Waals surface area contributed by atoms with E-state index in [0.717, 1.165) is 5.57 Å². The van der Waals surface area contributed by atoms with Crippen molar-refractivity contribution in [3.8, 4) is 0 Å². The highest BCUT2D eigenvalue weighted by molar-refractivity contribution is 5.54. The second kappa shape index (κ2) is 2.14. The SMILES string of the molecule is C1=CC2=CN=COC2C=C1. The Morgan fingerprint density at radius 2 is 2.40 bits per heavy atom. The number of allylic oxidation sites excluding steroid dienone is 2. The Morgan fingerprint density at radius 1 is 1.40 bits per heavy atom. The molecule has 1 aliphatic carbocycles. The van der Waals surface area contributed by atoms with Crippen LogP contribution in [0.1, 0.15) is 0 Å². The standard InChI is InChI=1S/C8H7NO/c1-2-4-8-7(3-1)5-9-6-10-8/h1-6,8H. The molecule has 1 aliphatic heterocycles. The zero-order chi connectivity index (χ0) is 6.81. The van der Waals surface area contributed by atoms with Crippen LogP contribution in [-0.4, -0.2) is 12.5 Å². The molecule has 0 aromatic rings. The summed E-state index contributed by atoms with van der Waals surface area (Å²) in [6.45, 7) is 0. The Kier molecular flexibility index (Phi) is 1.17. The zero-order valence-electron chi connectivity index (χ0n) is 5.40. The summed E-state index contributed by atoms with van der Waals surface area (Å²) in [5.41, 5.74) is 1.12. The number of hydrogen-bond acceptors (Lipinski definition) is 2. The van der Waals surface area contributed by atoms with Crippen molar-refractivity contribution in [3.63, 3.8) is 0 Å². The van der Waals surface area contributed by atoms with Crippen molar-refractivity contribution < 1.29 is 4.74 Å². The molecule has 0 fully saturated rings. The molecule has 0 N–H and O–H groups in total. The minimum absolute atomic E-state index is 0.0995. The number of ether oxygens (including phenoxy) is 1. The molecule has 2 heteroatoms. The van der Waals surface area contributed by atoms with Gasteiger partial charge in [0.05, 0.1) is 0 Å². The molecule has 0 aromatic heterocycles. The van der Waals surface area contributed by atoms with Gasteiger partial charge in [-0.1, -0.05) is 18.2 Å². The maximum Gasteiger partial charge on any atom is 0.175 e. The first-order chi connectivity index (χ1) is 4.97. The van der Waals surface area contributed by atoms with Crippen LogP contribution in [0.2, 0.25) is 0 Å². The average Bonchev–Trinajstić information content (AvgIpc) is 2.05. The monoisotopic (exact) mass is 133 g/mol. The van der Waals surface area contributed by atoms with Gasteiger partial charge in [-0.25, -0.2) is 4.99 Å². The molecule has 1 atom stereocenters. The summed E-state index contributed by atoms with van der Waals surface area (Å²) in [5.74, 6) is 0. The van der Waals surface area contributed by atoms with Crippen LogP contribution in [0.5, 0.6) is 0 Å². The molecule has 2 rings (SSSR count). The fourth-order valence-electron chi connectivity index (χ4n) is 0.995. The lowest BCUT2D eigenvalue weighted by molar-refractivity contribution is 0.282. The molecule has 50 valence electrons. The van der Waals surface area contributed by atoms with Crippen molar-refractivity contribution in [2.75, 3.05) is 0 Å². The predicted octanol–water partition coefficient (Wildman–Crippen LogP) is 1.42. The predicted molar refractivity (Wildman–Crippen MR) is 39.7 cm³/mol. The molecule has 1 heterocycles. The maximum atomic E-state index is 5.18. The van der Waals surface area contributed by atoms with E-state index in [-0.39, 0.29) is 6.10 Å². The van der Waals surface area contributed by atoms with E-state index in [4.69, 9.17) is 4.74 Å². The summed E-state index contributed by atoms with van der Waals surface area (Å²) in [5, 5.41) is 0. The summed E-state index contributed by atoms with van der Waals surface area (Å²) in [7, 11) is 0. The minimum Gasteiger partial charge on any atom is -0.471 e. The van der Waals surface area contributed by atoms with E-state index in [1.165, 1.54) is 6.40 Å². The minimum atomic E-state index is 0.0995. The molecule has 0 radical (unpaired) electrons. The highest BCUT2D eigenvalue weighted by atomic mass is 16.5. The van der Waals surface area contributed by atoms with Crippen molar-refractivity contribution >= 4 is 6.40 Å². The van der Waals surface area contributed by atoms with Crippen LogP contribution in [-0.2, 0) is 4.74 Å². The van der Waals surface area contributed by atoms with Gasteiger partial charge in [0.25, 0.3) is 0 Å². The van der Waals surface area contributed by atoms with Crippen LogP contribution < -0.4 is 0 Å². The van der Waals surface area contributed by atoms with Gasteiger partial charge >= 0.3 is 0 Å². The van der Waals surface area contributed by atoms with Crippen LogP contribution in [0.25, 0.3) is 0 Å². The molecule has 2 nitrogen and oxygen atoms in total. The number of fused-ring (bicyclic) bond motifs is 1. The van der Waals surface area contributed by atoms with Gasteiger partial charge < -0.3 is 4.74 Å². The first kappa shape index (κ1) is 5.47. The lowest BCUT2D eigenvalue weighted by Crippen LogP contribution is -2.14. The Hall–Kier alpha value is -1.31. The van der Waals surface area contributed by atoms with Gasteiger partial charge in [0, 0.05) is 11.8 Å². The Bertz CT molecular complexity index is 248. The first-order valence-electron chi connectivity index (χ1n) is 3.19. The Balaban J connectivity index is 2.34. The number of hydrogen-bond donors (Lipinski definition) is 0. The van der Waals surface area contributed by atoms with Crippen LogP contribution in [0.15, 0.2) is 41.1 Å². The molecular weight excluding hydrogens is 126 g/mol. The topological polar surface area (TPSA) is 21.6 Å². The molecule has 0 bridgehead atoms. The van der Waals surface area contributed by atoms with E-state index in [9.17, 15) is 0 Å². The fraction of sp³-hybridized carbons (Fsp3) is 0.125. The molecule has 0 aromatic carbocycles. The van der Waals surface area contributed by atoms with Crippen LogP contribution in [0, 0.1) is 0 Å². The molecule has 1 unspecified atom stereocenters. The quantitative estimate of drug-likeness (QED) is 0.489. The summed E-state index contributed by atoms with van der Waals surface area (Å²) >= 11 is 0. The van der Waals surface area contributed by atoms with E-state index < -0.39 is 0 Å². The van der Waals surface area contributed by atoms with Gasteiger partial charge in [0.15, 0.2) is 6.40 Å².